The number of nitrogens with one attached hydrogen (secondary N) is 1. The molecule has 1 heterocycles. The molecule has 3 rings (SSSR count). The van der Waals surface area contributed by atoms with E-state index in [0.717, 1.165) is 22.5 Å². The van der Waals surface area contributed by atoms with E-state index in [2.05, 4.69) is 39.1 Å². The van der Waals surface area contributed by atoms with Crippen LogP contribution in [0.25, 0.3) is 5.69 Å². The molecule has 0 saturated carbocycles. The van der Waals surface area contributed by atoms with E-state index in [-0.39, 0.29) is 11.3 Å². The van der Waals surface area contributed by atoms with Crippen LogP contribution in [-0.2, 0) is 5.41 Å². The standard InChI is InChI=1S/C22H23Cl2N3O/c1-13-7-6-8-18(14(13)2)27-20(12-19(26-27)22(3,4)5)25-21(28)15-9-10-16(23)17(24)11-15/h6-12H,1-5H3,(H,25,28). The minimum Gasteiger partial charge on any atom is -0.306 e. The smallest absolute Gasteiger partial charge is 0.256 e. The molecule has 0 aliphatic heterocycles. The number of carbonyl (C=O) groups is 1. The molecule has 6 heteroatoms. The van der Waals surface area contributed by atoms with E-state index < -0.39 is 0 Å². The van der Waals surface area contributed by atoms with Crippen molar-refractivity contribution in [3.8, 4) is 5.69 Å². The fourth-order valence-corrected chi connectivity index (χ4v) is 3.11. The zero-order chi connectivity index (χ0) is 20.6. The van der Waals surface area contributed by atoms with Gasteiger partial charge in [0.1, 0.15) is 5.82 Å². The Bertz CT molecular complexity index is 1050. The lowest BCUT2D eigenvalue weighted by Gasteiger charge is -2.15. The van der Waals surface area contributed by atoms with Crippen LogP contribution >= 0.6 is 23.2 Å². The summed E-state index contributed by atoms with van der Waals surface area (Å²) >= 11 is 12.0. The van der Waals surface area contributed by atoms with Gasteiger partial charge in [0.25, 0.3) is 5.91 Å². The predicted octanol–water partition coefficient (Wildman–Crippen LogP) is 6.35. The van der Waals surface area contributed by atoms with Crippen molar-refractivity contribution in [2.75, 3.05) is 5.32 Å². The maximum atomic E-state index is 12.8. The molecule has 1 amide bonds. The van der Waals surface area contributed by atoms with Gasteiger partial charge in [-0.2, -0.15) is 5.10 Å². The summed E-state index contributed by atoms with van der Waals surface area (Å²) < 4.78 is 1.79. The zero-order valence-corrected chi connectivity index (χ0v) is 18.1. The predicted molar refractivity (Wildman–Crippen MR) is 116 cm³/mol. The van der Waals surface area contributed by atoms with Crippen LogP contribution in [0.1, 0.15) is 48.0 Å². The van der Waals surface area contributed by atoms with Gasteiger partial charge in [-0.25, -0.2) is 4.68 Å². The monoisotopic (exact) mass is 415 g/mol. The zero-order valence-electron chi connectivity index (χ0n) is 16.6. The van der Waals surface area contributed by atoms with Crippen molar-refractivity contribution in [2.24, 2.45) is 0 Å². The third-order valence-corrected chi connectivity index (χ3v) is 5.44. The van der Waals surface area contributed by atoms with Crippen molar-refractivity contribution in [1.82, 2.24) is 9.78 Å². The van der Waals surface area contributed by atoms with E-state index in [1.807, 2.05) is 25.1 Å². The number of anilines is 1. The fourth-order valence-electron chi connectivity index (χ4n) is 2.81. The van der Waals surface area contributed by atoms with Crippen LogP contribution in [0.5, 0.6) is 0 Å². The molecule has 0 atom stereocenters. The Morgan fingerprint density at radius 1 is 1.04 bits per heavy atom. The van der Waals surface area contributed by atoms with Crippen LogP contribution in [0.3, 0.4) is 0 Å². The first-order valence-electron chi connectivity index (χ1n) is 9.01. The van der Waals surface area contributed by atoms with E-state index in [4.69, 9.17) is 28.3 Å². The molecule has 1 aromatic heterocycles. The summed E-state index contributed by atoms with van der Waals surface area (Å²) in [6.07, 6.45) is 0. The van der Waals surface area contributed by atoms with Crippen molar-refractivity contribution in [3.63, 3.8) is 0 Å². The average molecular weight is 416 g/mol. The average Bonchev–Trinajstić information content (AvgIpc) is 3.03. The van der Waals surface area contributed by atoms with E-state index in [1.54, 1.807) is 22.9 Å². The lowest BCUT2D eigenvalue weighted by molar-refractivity contribution is 0.102. The number of rotatable bonds is 3. The summed E-state index contributed by atoms with van der Waals surface area (Å²) in [6.45, 7) is 10.4. The van der Waals surface area contributed by atoms with Crippen LogP contribution in [0.15, 0.2) is 42.5 Å². The number of hydrogen-bond acceptors (Lipinski definition) is 2. The summed E-state index contributed by atoms with van der Waals surface area (Å²) in [6, 6.07) is 12.8. The molecule has 1 N–H and O–H groups in total. The van der Waals surface area contributed by atoms with Crippen molar-refractivity contribution in [3.05, 3.63) is 74.9 Å². The van der Waals surface area contributed by atoms with Crippen molar-refractivity contribution in [2.45, 2.75) is 40.0 Å². The first-order chi connectivity index (χ1) is 13.1. The summed E-state index contributed by atoms with van der Waals surface area (Å²) in [5, 5.41) is 8.51. The van der Waals surface area contributed by atoms with Gasteiger partial charge in [0, 0.05) is 17.0 Å². The molecule has 4 nitrogen and oxygen atoms in total. The molecule has 0 fully saturated rings. The first kappa shape index (κ1) is 20.4. The molecule has 0 radical (unpaired) electrons. The van der Waals surface area contributed by atoms with Gasteiger partial charge in [-0.05, 0) is 49.2 Å². The maximum absolute atomic E-state index is 12.8. The highest BCUT2D eigenvalue weighted by Gasteiger charge is 2.22. The van der Waals surface area contributed by atoms with E-state index in [1.165, 1.54) is 0 Å². The molecule has 3 aromatic rings. The van der Waals surface area contributed by atoms with Gasteiger partial charge >= 0.3 is 0 Å². The Hall–Kier alpha value is -2.30. The molecule has 0 aliphatic carbocycles. The van der Waals surface area contributed by atoms with Gasteiger partial charge in [0.05, 0.1) is 21.4 Å². The second-order valence-electron chi connectivity index (χ2n) is 7.88. The molecule has 146 valence electrons. The number of hydrogen-bond donors (Lipinski definition) is 1. The number of benzene rings is 2. The number of aryl methyl sites for hydroxylation is 1. The van der Waals surface area contributed by atoms with Gasteiger partial charge in [0.2, 0.25) is 0 Å². The SMILES string of the molecule is Cc1cccc(-n2nc(C(C)(C)C)cc2NC(=O)c2ccc(Cl)c(Cl)c2)c1C. The van der Waals surface area contributed by atoms with E-state index in [9.17, 15) is 4.79 Å². The number of nitrogens with zero attached hydrogens (tertiary/aromatic N) is 2. The molecule has 2 aromatic carbocycles. The Labute approximate surface area is 175 Å². The first-order valence-corrected chi connectivity index (χ1v) is 9.77. The number of amides is 1. The number of carbonyl (C=O) groups excluding carboxylic acids is 1. The summed E-state index contributed by atoms with van der Waals surface area (Å²) in [7, 11) is 0. The summed E-state index contributed by atoms with van der Waals surface area (Å²) in [5.41, 5.74) is 4.35. The van der Waals surface area contributed by atoms with E-state index in [0.29, 0.717) is 21.4 Å². The van der Waals surface area contributed by atoms with Crippen LogP contribution in [0.2, 0.25) is 10.0 Å². The fraction of sp³-hybridized carbons (Fsp3) is 0.273. The Kier molecular flexibility index (Phi) is 5.55. The van der Waals surface area contributed by atoms with Crippen LogP contribution in [0.4, 0.5) is 5.82 Å². The largest absolute Gasteiger partial charge is 0.306 e. The van der Waals surface area contributed by atoms with Crippen LogP contribution in [-0.4, -0.2) is 15.7 Å². The molecule has 0 unspecified atom stereocenters. The van der Waals surface area contributed by atoms with Crippen molar-refractivity contribution in [1.29, 1.82) is 0 Å². The number of halogens is 2. The van der Waals surface area contributed by atoms with Crippen LogP contribution < -0.4 is 5.32 Å². The summed E-state index contributed by atoms with van der Waals surface area (Å²) in [5.74, 6) is 0.333. The molecule has 28 heavy (non-hydrogen) atoms. The molecular weight excluding hydrogens is 393 g/mol. The topological polar surface area (TPSA) is 46.9 Å². The van der Waals surface area contributed by atoms with Gasteiger partial charge in [-0.15, -0.1) is 0 Å². The lowest BCUT2D eigenvalue weighted by atomic mass is 9.92. The van der Waals surface area contributed by atoms with Gasteiger partial charge < -0.3 is 5.32 Å². The highest BCUT2D eigenvalue weighted by atomic mass is 35.5. The van der Waals surface area contributed by atoms with E-state index >= 15 is 0 Å². The molecule has 0 spiro atoms. The summed E-state index contributed by atoms with van der Waals surface area (Å²) in [4.78, 5) is 12.8. The minimum atomic E-state index is -0.273. The molecule has 0 aliphatic rings. The normalized spacial score (nSPS) is 11.5. The van der Waals surface area contributed by atoms with Crippen LogP contribution in [0, 0.1) is 13.8 Å². The molecule has 0 saturated heterocycles. The van der Waals surface area contributed by atoms with Crippen molar-refractivity contribution >= 4 is 34.9 Å². The minimum absolute atomic E-state index is 0.161. The Morgan fingerprint density at radius 2 is 1.75 bits per heavy atom. The number of aromatic nitrogens is 2. The second kappa shape index (κ2) is 7.61. The third kappa shape index (κ3) is 4.08. The molecular formula is C22H23Cl2N3O. The van der Waals surface area contributed by atoms with Gasteiger partial charge in [0.15, 0.2) is 0 Å². The lowest BCUT2D eigenvalue weighted by Crippen LogP contribution is -2.16. The molecule has 0 bridgehead atoms. The van der Waals surface area contributed by atoms with Crippen molar-refractivity contribution < 1.29 is 4.79 Å². The highest BCUT2D eigenvalue weighted by Crippen LogP contribution is 2.29. The third-order valence-electron chi connectivity index (χ3n) is 4.71. The maximum Gasteiger partial charge on any atom is 0.256 e. The Balaban J connectivity index is 2.06. The second-order valence-corrected chi connectivity index (χ2v) is 8.69. The van der Waals surface area contributed by atoms with Gasteiger partial charge in [-0.1, -0.05) is 56.1 Å². The highest BCUT2D eigenvalue weighted by molar-refractivity contribution is 6.42. The van der Waals surface area contributed by atoms with Gasteiger partial charge in [-0.3, -0.25) is 4.79 Å². The quantitative estimate of drug-likeness (QED) is 0.541. The Morgan fingerprint density at radius 3 is 2.39 bits per heavy atom.